The third kappa shape index (κ3) is 5.23. The van der Waals surface area contributed by atoms with Gasteiger partial charge in [0, 0.05) is 31.6 Å². The smallest absolute Gasteiger partial charge is 0.319 e. The molecule has 3 rings (SSSR count). The number of benzene rings is 1. The summed E-state index contributed by atoms with van der Waals surface area (Å²) in [7, 11) is 0. The van der Waals surface area contributed by atoms with Gasteiger partial charge in [-0.25, -0.2) is 14.8 Å². The lowest BCUT2D eigenvalue weighted by Gasteiger charge is -2.11. The number of rotatable bonds is 9. The number of hydrogen-bond acceptors (Lipinski definition) is 5. The molecule has 0 spiro atoms. The summed E-state index contributed by atoms with van der Waals surface area (Å²) in [6.45, 7) is 6.38. The number of nitrogens with one attached hydrogen (secondary N) is 2. The Hall–Kier alpha value is -3.13. The molecule has 154 valence electrons. The number of unbranched alkanes of at least 4 members (excludes halogenated alkanes) is 1. The number of urea groups is 1. The van der Waals surface area contributed by atoms with Crippen LogP contribution in [0.25, 0.3) is 11.0 Å². The molecule has 0 aliphatic carbocycles. The Kier molecular flexibility index (Phi) is 7.02. The van der Waals surface area contributed by atoms with Crippen LogP contribution in [0.1, 0.15) is 31.2 Å². The van der Waals surface area contributed by atoms with Crippen molar-refractivity contribution >= 4 is 28.6 Å². The van der Waals surface area contributed by atoms with E-state index in [1.807, 2.05) is 44.2 Å². The molecule has 0 aliphatic rings. The second-order valence-electron chi connectivity index (χ2n) is 6.79. The molecule has 2 heterocycles. The van der Waals surface area contributed by atoms with Gasteiger partial charge in [0.2, 0.25) is 0 Å². The van der Waals surface area contributed by atoms with Crippen molar-refractivity contribution in [3.63, 3.8) is 0 Å². The molecule has 0 saturated heterocycles. The van der Waals surface area contributed by atoms with Gasteiger partial charge in [-0.3, -0.25) is 0 Å². The molecule has 0 aliphatic heterocycles. The van der Waals surface area contributed by atoms with E-state index in [4.69, 9.17) is 10.5 Å². The van der Waals surface area contributed by atoms with Crippen molar-refractivity contribution in [2.45, 2.75) is 39.8 Å². The number of fused-ring (bicyclic) bond motifs is 1. The third-order valence-electron chi connectivity index (χ3n) is 4.62. The van der Waals surface area contributed by atoms with E-state index < -0.39 is 0 Å². The molecule has 29 heavy (non-hydrogen) atoms. The summed E-state index contributed by atoms with van der Waals surface area (Å²) in [4.78, 5) is 20.8. The average molecular weight is 396 g/mol. The van der Waals surface area contributed by atoms with E-state index >= 15 is 0 Å². The summed E-state index contributed by atoms with van der Waals surface area (Å²) >= 11 is 0. The van der Waals surface area contributed by atoms with Gasteiger partial charge in [0.15, 0.2) is 5.82 Å². The topological polar surface area (TPSA) is 107 Å². The van der Waals surface area contributed by atoms with Crippen molar-refractivity contribution in [2.75, 3.05) is 24.2 Å². The van der Waals surface area contributed by atoms with E-state index in [1.165, 1.54) is 0 Å². The SMILES string of the molecule is CCOCc1nc2c(N)ncc(C)c2n1CCCCNC(=O)Nc1ccccc1. The highest BCUT2D eigenvalue weighted by atomic mass is 16.5. The number of pyridine rings is 1. The maximum Gasteiger partial charge on any atom is 0.319 e. The van der Waals surface area contributed by atoms with Gasteiger partial charge in [-0.05, 0) is 44.4 Å². The van der Waals surface area contributed by atoms with Gasteiger partial charge in [0.1, 0.15) is 17.9 Å². The van der Waals surface area contributed by atoms with E-state index in [1.54, 1.807) is 6.20 Å². The lowest BCUT2D eigenvalue weighted by atomic mass is 10.2. The molecule has 2 aromatic heterocycles. The molecule has 0 fully saturated rings. The number of carbonyl (C=O) groups is 1. The van der Waals surface area contributed by atoms with Crippen LogP contribution in [-0.4, -0.2) is 33.7 Å². The summed E-state index contributed by atoms with van der Waals surface area (Å²) in [6.07, 6.45) is 3.50. The second-order valence-corrected chi connectivity index (χ2v) is 6.79. The third-order valence-corrected chi connectivity index (χ3v) is 4.62. The van der Waals surface area contributed by atoms with Crippen LogP contribution in [-0.2, 0) is 17.9 Å². The fourth-order valence-electron chi connectivity index (χ4n) is 3.20. The number of ether oxygens (including phenoxy) is 1. The Morgan fingerprint density at radius 2 is 2.03 bits per heavy atom. The van der Waals surface area contributed by atoms with Crippen LogP contribution in [0.5, 0.6) is 0 Å². The number of nitrogens with zero attached hydrogens (tertiary/aromatic N) is 3. The zero-order valence-corrected chi connectivity index (χ0v) is 16.9. The van der Waals surface area contributed by atoms with Gasteiger partial charge in [-0.15, -0.1) is 0 Å². The molecule has 0 radical (unpaired) electrons. The normalized spacial score (nSPS) is 11.0. The molecule has 0 atom stereocenters. The standard InChI is InChI=1S/C21H28N6O2/c1-3-29-14-17-26-18-19(15(2)13-24-20(18)22)27(17)12-8-7-11-23-21(28)25-16-9-5-4-6-10-16/h4-6,9-10,13H,3,7-8,11-12,14H2,1-2H3,(H2,22,24)(H2,23,25,28). The number of nitrogens with two attached hydrogens (primary N) is 1. The van der Waals surface area contributed by atoms with Gasteiger partial charge >= 0.3 is 6.03 Å². The number of carbonyl (C=O) groups excluding carboxylic acids is 1. The van der Waals surface area contributed by atoms with Gasteiger partial charge < -0.3 is 25.7 Å². The molecule has 0 unspecified atom stereocenters. The summed E-state index contributed by atoms with van der Waals surface area (Å²) in [5, 5.41) is 5.70. The van der Waals surface area contributed by atoms with Crippen molar-refractivity contribution in [2.24, 2.45) is 0 Å². The number of para-hydroxylation sites is 1. The van der Waals surface area contributed by atoms with Crippen molar-refractivity contribution in [3.05, 3.63) is 47.9 Å². The highest BCUT2D eigenvalue weighted by Gasteiger charge is 2.15. The van der Waals surface area contributed by atoms with Gasteiger partial charge in [0.05, 0.1) is 5.52 Å². The highest BCUT2D eigenvalue weighted by molar-refractivity contribution is 5.89. The number of imidazole rings is 1. The molecule has 8 nitrogen and oxygen atoms in total. The van der Waals surface area contributed by atoms with E-state index in [-0.39, 0.29) is 6.03 Å². The van der Waals surface area contributed by atoms with Crippen molar-refractivity contribution in [3.8, 4) is 0 Å². The molecule has 3 aromatic rings. The van der Waals surface area contributed by atoms with E-state index in [0.29, 0.717) is 25.6 Å². The van der Waals surface area contributed by atoms with E-state index in [2.05, 4.69) is 25.2 Å². The number of aryl methyl sites for hydroxylation is 2. The quantitative estimate of drug-likeness (QED) is 0.480. The number of aromatic nitrogens is 3. The Morgan fingerprint density at radius 3 is 2.79 bits per heavy atom. The molecule has 1 aromatic carbocycles. The minimum Gasteiger partial charge on any atom is -0.382 e. The predicted molar refractivity (Wildman–Crippen MR) is 115 cm³/mol. The maximum absolute atomic E-state index is 12.0. The summed E-state index contributed by atoms with van der Waals surface area (Å²) < 4.78 is 7.73. The van der Waals surface area contributed by atoms with Crippen LogP contribution in [0.2, 0.25) is 0 Å². The lowest BCUT2D eigenvalue weighted by Crippen LogP contribution is -2.29. The number of anilines is 2. The summed E-state index contributed by atoms with van der Waals surface area (Å²) in [5.74, 6) is 1.28. The average Bonchev–Trinajstić information content (AvgIpc) is 3.09. The monoisotopic (exact) mass is 396 g/mol. The zero-order valence-electron chi connectivity index (χ0n) is 16.9. The molecule has 8 heteroatoms. The number of amides is 2. The van der Waals surface area contributed by atoms with Crippen LogP contribution >= 0.6 is 0 Å². The maximum atomic E-state index is 12.0. The Bertz CT molecular complexity index is 955. The minimum absolute atomic E-state index is 0.198. The Morgan fingerprint density at radius 1 is 1.24 bits per heavy atom. The van der Waals surface area contributed by atoms with Gasteiger partial charge in [-0.2, -0.15) is 0 Å². The van der Waals surface area contributed by atoms with Crippen molar-refractivity contribution < 1.29 is 9.53 Å². The van der Waals surface area contributed by atoms with E-state index in [0.717, 1.165) is 47.5 Å². The Labute approximate surface area is 170 Å². The van der Waals surface area contributed by atoms with E-state index in [9.17, 15) is 4.79 Å². The molecule has 2 amide bonds. The predicted octanol–water partition coefficient (Wildman–Crippen LogP) is 3.46. The van der Waals surface area contributed by atoms with Gasteiger partial charge in [-0.1, -0.05) is 18.2 Å². The van der Waals surface area contributed by atoms with Crippen LogP contribution in [0.3, 0.4) is 0 Å². The minimum atomic E-state index is -0.198. The van der Waals surface area contributed by atoms with Crippen LogP contribution in [0, 0.1) is 6.92 Å². The molecule has 0 bridgehead atoms. The molecular weight excluding hydrogens is 368 g/mol. The first-order valence-electron chi connectivity index (χ1n) is 9.88. The molecular formula is C21H28N6O2. The fraction of sp³-hybridized carbons (Fsp3) is 0.381. The summed E-state index contributed by atoms with van der Waals surface area (Å²) in [5.41, 5.74) is 9.56. The van der Waals surface area contributed by atoms with Crippen molar-refractivity contribution in [1.82, 2.24) is 19.9 Å². The number of hydrogen-bond donors (Lipinski definition) is 3. The summed E-state index contributed by atoms with van der Waals surface area (Å²) in [6, 6.07) is 9.19. The zero-order chi connectivity index (χ0) is 20.6. The fourth-order valence-corrected chi connectivity index (χ4v) is 3.20. The second kappa shape index (κ2) is 9.88. The number of nitrogen functional groups attached to an aromatic ring is 1. The lowest BCUT2D eigenvalue weighted by molar-refractivity contribution is 0.126. The van der Waals surface area contributed by atoms with Crippen LogP contribution < -0.4 is 16.4 Å². The largest absolute Gasteiger partial charge is 0.382 e. The highest BCUT2D eigenvalue weighted by Crippen LogP contribution is 2.24. The van der Waals surface area contributed by atoms with Crippen LogP contribution in [0.4, 0.5) is 16.3 Å². The molecule has 4 N–H and O–H groups in total. The van der Waals surface area contributed by atoms with Crippen LogP contribution in [0.15, 0.2) is 36.5 Å². The van der Waals surface area contributed by atoms with Crippen molar-refractivity contribution in [1.29, 1.82) is 0 Å². The Balaban J connectivity index is 1.57. The first-order chi connectivity index (χ1) is 14.1. The first-order valence-corrected chi connectivity index (χ1v) is 9.88. The first kappa shape index (κ1) is 20.6. The molecule has 0 saturated carbocycles. The van der Waals surface area contributed by atoms with Gasteiger partial charge in [0.25, 0.3) is 0 Å².